The third-order valence-electron chi connectivity index (χ3n) is 3.24. The zero-order valence-electron chi connectivity index (χ0n) is 9.45. The molecule has 0 amide bonds. The van der Waals surface area contributed by atoms with Crippen LogP contribution in [0.4, 0.5) is 5.69 Å². The summed E-state index contributed by atoms with van der Waals surface area (Å²) in [5.41, 5.74) is 2.74. The van der Waals surface area contributed by atoms with Gasteiger partial charge in [0.25, 0.3) is 0 Å². The first-order valence-corrected chi connectivity index (χ1v) is 5.55. The van der Waals surface area contributed by atoms with E-state index >= 15 is 0 Å². The molecule has 3 heteroatoms. The van der Waals surface area contributed by atoms with Crippen LogP contribution in [-0.2, 0) is 0 Å². The fourth-order valence-corrected chi connectivity index (χ4v) is 1.75. The average Bonchev–Trinajstić information content (AvgIpc) is 3.07. The van der Waals surface area contributed by atoms with Crippen LogP contribution in [0.5, 0.6) is 0 Å². The summed E-state index contributed by atoms with van der Waals surface area (Å²) in [7, 11) is 0. The van der Waals surface area contributed by atoms with Crippen molar-refractivity contribution in [1.29, 1.82) is 5.26 Å². The molecular formula is C13H16N2O. The Kier molecular flexibility index (Phi) is 2.84. The third-order valence-corrected chi connectivity index (χ3v) is 3.24. The van der Waals surface area contributed by atoms with Gasteiger partial charge in [-0.25, -0.2) is 0 Å². The molecule has 1 aliphatic rings. The Morgan fingerprint density at radius 3 is 2.81 bits per heavy atom. The molecule has 1 aromatic carbocycles. The smallest absolute Gasteiger partial charge is 0.101 e. The lowest BCUT2D eigenvalue weighted by Gasteiger charge is -2.15. The van der Waals surface area contributed by atoms with Crippen molar-refractivity contribution in [3.8, 4) is 6.07 Å². The first-order valence-electron chi connectivity index (χ1n) is 5.55. The topological polar surface area (TPSA) is 56.0 Å². The van der Waals surface area contributed by atoms with Crippen LogP contribution in [0.15, 0.2) is 18.2 Å². The first kappa shape index (κ1) is 11.0. The van der Waals surface area contributed by atoms with Gasteiger partial charge in [-0.1, -0.05) is 6.07 Å². The lowest BCUT2D eigenvalue weighted by molar-refractivity contribution is 0.220. The summed E-state index contributed by atoms with van der Waals surface area (Å²) in [6.07, 6.45) is 2.15. The van der Waals surface area contributed by atoms with Crippen molar-refractivity contribution in [3.05, 3.63) is 29.3 Å². The molecule has 0 bridgehead atoms. The molecule has 0 saturated heterocycles. The highest BCUT2D eigenvalue weighted by Gasteiger charge is 2.41. The minimum absolute atomic E-state index is 0.0659. The van der Waals surface area contributed by atoms with Gasteiger partial charge in [0.15, 0.2) is 0 Å². The zero-order chi connectivity index (χ0) is 11.6. The van der Waals surface area contributed by atoms with E-state index in [9.17, 15) is 5.11 Å². The highest BCUT2D eigenvalue weighted by molar-refractivity contribution is 5.59. The minimum Gasteiger partial charge on any atom is -0.396 e. The molecule has 2 rings (SSSR count). The summed E-state index contributed by atoms with van der Waals surface area (Å²) >= 11 is 0. The second-order valence-corrected chi connectivity index (χ2v) is 4.67. The molecule has 84 valence electrons. The van der Waals surface area contributed by atoms with Gasteiger partial charge >= 0.3 is 0 Å². The maximum absolute atomic E-state index is 9.21. The number of hydrogen-bond acceptors (Lipinski definition) is 3. The molecular weight excluding hydrogens is 200 g/mol. The molecule has 0 unspecified atom stereocenters. The molecule has 1 fully saturated rings. The highest BCUT2D eigenvalue weighted by Crippen LogP contribution is 2.45. The number of nitrogens with zero attached hydrogens (tertiary/aromatic N) is 1. The number of aliphatic hydroxyl groups excluding tert-OH is 1. The molecule has 1 saturated carbocycles. The van der Waals surface area contributed by atoms with Gasteiger partial charge < -0.3 is 10.4 Å². The van der Waals surface area contributed by atoms with Crippen molar-refractivity contribution in [3.63, 3.8) is 0 Å². The molecule has 0 radical (unpaired) electrons. The maximum atomic E-state index is 9.21. The molecule has 0 heterocycles. The molecule has 1 aliphatic carbocycles. The van der Waals surface area contributed by atoms with E-state index in [-0.39, 0.29) is 12.0 Å². The van der Waals surface area contributed by atoms with Gasteiger partial charge in [-0.3, -0.25) is 0 Å². The van der Waals surface area contributed by atoms with Gasteiger partial charge in [0.1, 0.15) is 6.07 Å². The van der Waals surface area contributed by atoms with Gasteiger partial charge in [0, 0.05) is 12.0 Å². The van der Waals surface area contributed by atoms with Crippen LogP contribution in [0.3, 0.4) is 0 Å². The number of nitrogens with one attached hydrogen (secondary N) is 1. The van der Waals surface area contributed by atoms with Crippen molar-refractivity contribution >= 4 is 5.69 Å². The Balaban J connectivity index is 2.09. The van der Waals surface area contributed by atoms with Gasteiger partial charge in [-0.15, -0.1) is 0 Å². The number of anilines is 1. The molecule has 0 spiro atoms. The fourth-order valence-electron chi connectivity index (χ4n) is 1.75. The van der Waals surface area contributed by atoms with Crippen molar-refractivity contribution in [1.82, 2.24) is 0 Å². The van der Waals surface area contributed by atoms with E-state index in [4.69, 9.17) is 5.26 Å². The van der Waals surface area contributed by atoms with Gasteiger partial charge in [-0.05, 0) is 37.5 Å². The average molecular weight is 216 g/mol. The number of aliphatic hydroxyl groups is 1. The quantitative estimate of drug-likeness (QED) is 0.810. The van der Waals surface area contributed by atoms with Gasteiger partial charge in [0.2, 0.25) is 0 Å². The zero-order valence-corrected chi connectivity index (χ0v) is 9.45. The fraction of sp³-hybridized carbons (Fsp3) is 0.462. The highest BCUT2D eigenvalue weighted by atomic mass is 16.3. The Labute approximate surface area is 95.7 Å². The number of nitriles is 1. The second-order valence-electron chi connectivity index (χ2n) is 4.67. The molecule has 0 aromatic heterocycles. The van der Waals surface area contributed by atoms with Crippen molar-refractivity contribution in [2.45, 2.75) is 19.8 Å². The van der Waals surface area contributed by atoms with E-state index in [2.05, 4.69) is 11.4 Å². The summed E-state index contributed by atoms with van der Waals surface area (Å²) in [6.45, 7) is 2.99. The first-order chi connectivity index (χ1) is 7.69. The standard InChI is InChI=1S/C13H16N2O/c1-10-2-3-11(7-14)12(6-10)15-8-13(9-16)4-5-13/h2-3,6,15-16H,4-5,8-9H2,1H3. The van der Waals surface area contributed by atoms with Gasteiger partial charge in [-0.2, -0.15) is 5.26 Å². The second kappa shape index (κ2) is 4.15. The summed E-state index contributed by atoms with van der Waals surface area (Å²) in [5.74, 6) is 0. The minimum atomic E-state index is 0.0659. The Morgan fingerprint density at radius 1 is 1.50 bits per heavy atom. The molecule has 0 aliphatic heterocycles. The summed E-state index contributed by atoms with van der Waals surface area (Å²) in [5, 5.41) is 21.5. The van der Waals surface area contributed by atoms with E-state index < -0.39 is 0 Å². The Morgan fingerprint density at radius 2 is 2.25 bits per heavy atom. The van der Waals surface area contributed by atoms with E-state index in [1.54, 1.807) is 0 Å². The maximum Gasteiger partial charge on any atom is 0.101 e. The predicted molar refractivity (Wildman–Crippen MR) is 63.1 cm³/mol. The van der Waals surface area contributed by atoms with Crippen LogP contribution in [0, 0.1) is 23.7 Å². The molecule has 3 nitrogen and oxygen atoms in total. The SMILES string of the molecule is Cc1ccc(C#N)c(NCC2(CO)CC2)c1. The lowest BCUT2D eigenvalue weighted by Crippen LogP contribution is -2.19. The Hall–Kier alpha value is -1.53. The van der Waals surface area contributed by atoms with E-state index in [1.807, 2.05) is 25.1 Å². The lowest BCUT2D eigenvalue weighted by atomic mass is 10.1. The van der Waals surface area contributed by atoms with Gasteiger partial charge in [0.05, 0.1) is 17.9 Å². The Bertz CT molecular complexity index is 430. The van der Waals surface area contributed by atoms with Crippen LogP contribution in [0.1, 0.15) is 24.0 Å². The summed E-state index contributed by atoms with van der Waals surface area (Å²) < 4.78 is 0. The van der Waals surface area contributed by atoms with Crippen LogP contribution in [0.25, 0.3) is 0 Å². The molecule has 0 atom stereocenters. The van der Waals surface area contributed by atoms with Crippen molar-refractivity contribution < 1.29 is 5.11 Å². The predicted octanol–water partition coefficient (Wildman–Crippen LogP) is 2.05. The number of hydrogen-bond donors (Lipinski definition) is 2. The number of rotatable bonds is 4. The largest absolute Gasteiger partial charge is 0.396 e. The molecule has 16 heavy (non-hydrogen) atoms. The molecule has 2 N–H and O–H groups in total. The van der Waals surface area contributed by atoms with E-state index in [0.29, 0.717) is 5.56 Å². The monoisotopic (exact) mass is 216 g/mol. The van der Waals surface area contributed by atoms with Crippen molar-refractivity contribution in [2.24, 2.45) is 5.41 Å². The number of benzene rings is 1. The van der Waals surface area contributed by atoms with E-state index in [0.717, 1.165) is 30.6 Å². The molecule has 1 aromatic rings. The van der Waals surface area contributed by atoms with Crippen LogP contribution >= 0.6 is 0 Å². The third kappa shape index (κ3) is 2.17. The van der Waals surface area contributed by atoms with Crippen LogP contribution in [-0.4, -0.2) is 18.3 Å². The van der Waals surface area contributed by atoms with Crippen molar-refractivity contribution in [2.75, 3.05) is 18.5 Å². The summed E-state index contributed by atoms with van der Waals surface area (Å²) in [6, 6.07) is 7.91. The van der Waals surface area contributed by atoms with E-state index in [1.165, 1.54) is 0 Å². The summed E-state index contributed by atoms with van der Waals surface area (Å²) in [4.78, 5) is 0. The normalized spacial score (nSPS) is 16.6. The number of aryl methyl sites for hydroxylation is 1. The van der Waals surface area contributed by atoms with Crippen LogP contribution in [0.2, 0.25) is 0 Å². The van der Waals surface area contributed by atoms with Crippen LogP contribution < -0.4 is 5.32 Å².